The molecule has 0 aliphatic carbocycles. The van der Waals surface area contributed by atoms with E-state index < -0.39 is 0 Å². The molecule has 0 saturated heterocycles. The van der Waals surface area contributed by atoms with Gasteiger partial charge in [0.1, 0.15) is 5.82 Å². The number of halogens is 1. The van der Waals surface area contributed by atoms with E-state index >= 15 is 0 Å². The van der Waals surface area contributed by atoms with Gasteiger partial charge in [0.15, 0.2) is 0 Å². The molecule has 2 heterocycles. The van der Waals surface area contributed by atoms with Gasteiger partial charge in [-0.2, -0.15) is 0 Å². The Morgan fingerprint density at radius 1 is 1.44 bits per heavy atom. The van der Waals surface area contributed by atoms with Crippen LogP contribution in [0.3, 0.4) is 0 Å². The summed E-state index contributed by atoms with van der Waals surface area (Å²) in [6.45, 7) is 2.95. The zero-order chi connectivity index (χ0) is 12.8. The van der Waals surface area contributed by atoms with Crippen LogP contribution in [0.2, 0.25) is 0 Å². The van der Waals surface area contributed by atoms with Gasteiger partial charge in [-0.3, -0.25) is 4.98 Å². The Bertz CT molecular complexity index is 473. The molecular formula is C13H16FN3S. The molecule has 1 unspecified atom stereocenters. The third kappa shape index (κ3) is 3.34. The number of nitrogens with zero attached hydrogens (tertiary/aromatic N) is 2. The molecule has 0 aromatic carbocycles. The van der Waals surface area contributed by atoms with Crippen LogP contribution in [-0.2, 0) is 6.42 Å². The van der Waals surface area contributed by atoms with Gasteiger partial charge in [-0.1, -0.05) is 6.92 Å². The number of hydrogen-bond donors (Lipinski definition) is 1. The Kier molecular flexibility index (Phi) is 4.78. The lowest BCUT2D eigenvalue weighted by atomic mass is 10.0. The minimum Gasteiger partial charge on any atom is -0.309 e. The first kappa shape index (κ1) is 13.1. The summed E-state index contributed by atoms with van der Waals surface area (Å²) < 4.78 is 13.8. The highest BCUT2D eigenvalue weighted by Crippen LogP contribution is 2.21. The van der Waals surface area contributed by atoms with Crippen molar-refractivity contribution in [1.82, 2.24) is 15.3 Å². The summed E-state index contributed by atoms with van der Waals surface area (Å²) in [6, 6.07) is 1.69. The molecule has 0 aliphatic rings. The largest absolute Gasteiger partial charge is 0.309 e. The molecule has 96 valence electrons. The first-order valence-electron chi connectivity index (χ1n) is 6.02. The summed E-state index contributed by atoms with van der Waals surface area (Å²) in [5.74, 6) is -0.261. The first-order chi connectivity index (χ1) is 8.81. The van der Waals surface area contributed by atoms with Crippen LogP contribution in [-0.4, -0.2) is 16.5 Å². The molecule has 1 atom stereocenters. The summed E-state index contributed by atoms with van der Waals surface area (Å²) in [4.78, 5) is 8.05. The van der Waals surface area contributed by atoms with Crippen molar-refractivity contribution in [1.29, 1.82) is 0 Å². The highest BCUT2D eigenvalue weighted by atomic mass is 32.1. The van der Waals surface area contributed by atoms with Crippen molar-refractivity contribution >= 4 is 11.3 Å². The van der Waals surface area contributed by atoms with Crippen LogP contribution >= 0.6 is 11.3 Å². The minimum absolute atomic E-state index is 0.0425. The molecule has 0 radical (unpaired) electrons. The van der Waals surface area contributed by atoms with Crippen LogP contribution in [0.15, 0.2) is 30.0 Å². The molecule has 18 heavy (non-hydrogen) atoms. The maximum absolute atomic E-state index is 13.8. The molecule has 1 N–H and O–H groups in total. The first-order valence-corrected chi connectivity index (χ1v) is 6.90. The molecule has 0 fully saturated rings. The maximum Gasteiger partial charge on any atom is 0.146 e. The fourth-order valence-electron chi connectivity index (χ4n) is 1.81. The van der Waals surface area contributed by atoms with Crippen molar-refractivity contribution in [2.45, 2.75) is 25.8 Å². The van der Waals surface area contributed by atoms with E-state index in [1.165, 1.54) is 6.20 Å². The van der Waals surface area contributed by atoms with Gasteiger partial charge in [-0.15, -0.1) is 11.3 Å². The van der Waals surface area contributed by atoms with E-state index in [0.717, 1.165) is 18.0 Å². The lowest BCUT2D eigenvalue weighted by Gasteiger charge is -2.18. The Hall–Kier alpha value is -1.33. The van der Waals surface area contributed by atoms with Gasteiger partial charge in [0, 0.05) is 35.8 Å². The predicted octanol–water partition coefficient (Wildman–Crippen LogP) is 2.96. The lowest BCUT2D eigenvalue weighted by Crippen LogP contribution is -2.25. The number of aromatic nitrogens is 2. The molecule has 2 aromatic rings. The van der Waals surface area contributed by atoms with E-state index in [1.807, 2.05) is 5.38 Å². The van der Waals surface area contributed by atoms with Crippen LogP contribution in [0, 0.1) is 5.82 Å². The van der Waals surface area contributed by atoms with Crippen molar-refractivity contribution in [2.75, 3.05) is 6.54 Å². The Labute approximate surface area is 110 Å². The van der Waals surface area contributed by atoms with E-state index in [4.69, 9.17) is 0 Å². The molecule has 2 rings (SSSR count). The third-order valence-electron chi connectivity index (χ3n) is 2.68. The van der Waals surface area contributed by atoms with E-state index in [2.05, 4.69) is 22.2 Å². The lowest BCUT2D eigenvalue weighted by molar-refractivity contribution is 0.494. The average Bonchev–Trinajstić information content (AvgIpc) is 2.88. The van der Waals surface area contributed by atoms with Crippen LogP contribution in [0.1, 0.15) is 30.0 Å². The number of hydrogen-bond acceptors (Lipinski definition) is 4. The van der Waals surface area contributed by atoms with Crippen molar-refractivity contribution < 1.29 is 4.39 Å². The molecule has 0 amide bonds. The quantitative estimate of drug-likeness (QED) is 0.872. The second-order valence-electron chi connectivity index (χ2n) is 4.03. The van der Waals surface area contributed by atoms with Gasteiger partial charge in [-0.25, -0.2) is 9.37 Å². The van der Waals surface area contributed by atoms with Crippen LogP contribution < -0.4 is 5.32 Å². The zero-order valence-corrected chi connectivity index (χ0v) is 11.1. The fraction of sp³-hybridized carbons (Fsp3) is 0.385. The Morgan fingerprint density at radius 3 is 3.00 bits per heavy atom. The molecule has 0 saturated carbocycles. The van der Waals surface area contributed by atoms with Crippen LogP contribution in [0.25, 0.3) is 0 Å². The molecule has 5 heteroatoms. The Balaban J connectivity index is 2.16. The average molecular weight is 265 g/mol. The summed E-state index contributed by atoms with van der Waals surface area (Å²) in [5, 5.41) is 6.32. The predicted molar refractivity (Wildman–Crippen MR) is 71.0 cm³/mol. The van der Waals surface area contributed by atoms with Crippen LogP contribution in [0.5, 0.6) is 0 Å². The van der Waals surface area contributed by atoms with E-state index in [0.29, 0.717) is 12.0 Å². The Morgan fingerprint density at radius 2 is 2.33 bits per heavy atom. The second kappa shape index (κ2) is 6.56. The highest BCUT2D eigenvalue weighted by Gasteiger charge is 2.16. The third-order valence-corrected chi connectivity index (χ3v) is 3.48. The van der Waals surface area contributed by atoms with Gasteiger partial charge in [-0.05, 0) is 19.0 Å². The normalized spacial score (nSPS) is 12.6. The SMILES string of the molecule is CCCNC(Cc1nccs1)c1ccncc1F. The van der Waals surface area contributed by atoms with Gasteiger partial charge in [0.25, 0.3) is 0 Å². The molecule has 3 nitrogen and oxygen atoms in total. The summed E-state index contributed by atoms with van der Waals surface area (Å²) in [6.07, 6.45) is 6.39. The second-order valence-corrected chi connectivity index (χ2v) is 5.01. The highest BCUT2D eigenvalue weighted by molar-refractivity contribution is 7.09. The monoisotopic (exact) mass is 265 g/mol. The maximum atomic E-state index is 13.8. The molecule has 0 aliphatic heterocycles. The fourth-order valence-corrected chi connectivity index (χ4v) is 2.47. The smallest absolute Gasteiger partial charge is 0.146 e. The van der Waals surface area contributed by atoms with Crippen LogP contribution in [0.4, 0.5) is 4.39 Å². The van der Waals surface area contributed by atoms with Crippen molar-refractivity contribution in [3.63, 3.8) is 0 Å². The standard InChI is InChI=1S/C13H16FN3S/c1-2-4-16-12(8-13-17-6-7-18-13)10-3-5-15-9-11(10)14/h3,5-7,9,12,16H,2,4,8H2,1H3. The summed E-state index contributed by atoms with van der Waals surface area (Å²) in [7, 11) is 0. The van der Waals surface area contributed by atoms with E-state index in [-0.39, 0.29) is 11.9 Å². The van der Waals surface area contributed by atoms with E-state index in [1.54, 1.807) is 29.8 Å². The van der Waals surface area contributed by atoms with Gasteiger partial charge < -0.3 is 5.32 Å². The number of rotatable bonds is 6. The van der Waals surface area contributed by atoms with Crippen molar-refractivity contribution in [2.24, 2.45) is 0 Å². The molecule has 0 spiro atoms. The minimum atomic E-state index is -0.261. The number of thiazole rings is 1. The molecule has 0 bridgehead atoms. The number of nitrogens with one attached hydrogen (secondary N) is 1. The van der Waals surface area contributed by atoms with Crippen molar-refractivity contribution in [3.8, 4) is 0 Å². The zero-order valence-electron chi connectivity index (χ0n) is 10.3. The molecular weight excluding hydrogens is 249 g/mol. The topological polar surface area (TPSA) is 37.8 Å². The summed E-state index contributed by atoms with van der Waals surface area (Å²) >= 11 is 1.60. The van der Waals surface area contributed by atoms with Gasteiger partial charge in [0.2, 0.25) is 0 Å². The van der Waals surface area contributed by atoms with Gasteiger partial charge in [0.05, 0.1) is 11.2 Å². The number of pyridine rings is 1. The summed E-state index contributed by atoms with van der Waals surface area (Å²) in [5.41, 5.74) is 0.661. The van der Waals surface area contributed by atoms with Gasteiger partial charge >= 0.3 is 0 Å². The molecule has 2 aromatic heterocycles. The van der Waals surface area contributed by atoms with Crippen molar-refractivity contribution in [3.05, 3.63) is 46.4 Å². The van der Waals surface area contributed by atoms with E-state index in [9.17, 15) is 4.39 Å².